The Bertz CT molecular complexity index is 1110. The molecule has 0 atom stereocenters. The maximum atomic E-state index is 11.5. The average molecular weight is 373 g/mol. The van der Waals surface area contributed by atoms with Gasteiger partial charge in [-0.25, -0.2) is 0 Å². The Labute approximate surface area is 160 Å². The minimum Gasteiger partial charge on any atom is -0.413 e. The number of nitro groups is 1. The van der Waals surface area contributed by atoms with Crippen LogP contribution in [0, 0.1) is 10.1 Å². The van der Waals surface area contributed by atoms with E-state index < -0.39 is 4.92 Å². The Morgan fingerprint density at radius 1 is 0.778 bits per heavy atom. The molecular formula is C22H15NO3S. The van der Waals surface area contributed by atoms with Crippen molar-refractivity contribution in [3.05, 3.63) is 101 Å². The van der Waals surface area contributed by atoms with Gasteiger partial charge in [0.25, 0.3) is 0 Å². The van der Waals surface area contributed by atoms with Crippen LogP contribution in [0.3, 0.4) is 0 Å². The molecule has 0 unspecified atom stereocenters. The van der Waals surface area contributed by atoms with Crippen molar-refractivity contribution < 1.29 is 9.11 Å². The second kappa shape index (κ2) is 7.51. The highest BCUT2D eigenvalue weighted by Crippen LogP contribution is 2.41. The van der Waals surface area contributed by atoms with Crippen molar-refractivity contribution in [2.45, 2.75) is 4.90 Å². The highest BCUT2D eigenvalue weighted by atomic mass is 32.2. The molecule has 0 aromatic heterocycles. The molecule has 0 aliphatic heterocycles. The number of benzene rings is 4. The van der Waals surface area contributed by atoms with Crippen molar-refractivity contribution in [3.63, 3.8) is 0 Å². The van der Waals surface area contributed by atoms with E-state index in [4.69, 9.17) is 4.18 Å². The lowest BCUT2D eigenvalue weighted by atomic mass is 10.0. The summed E-state index contributed by atoms with van der Waals surface area (Å²) in [7, 11) is 0. The molecule has 0 aliphatic rings. The van der Waals surface area contributed by atoms with Gasteiger partial charge in [-0.05, 0) is 22.4 Å². The number of nitro benzene ring substituents is 1. The van der Waals surface area contributed by atoms with Crippen LogP contribution in [-0.4, -0.2) is 4.92 Å². The van der Waals surface area contributed by atoms with Crippen LogP contribution in [0.4, 0.5) is 5.69 Å². The molecule has 0 spiro atoms. The maximum Gasteiger partial charge on any atom is 0.313 e. The van der Waals surface area contributed by atoms with Crippen molar-refractivity contribution in [2.75, 3.05) is 0 Å². The zero-order valence-electron chi connectivity index (χ0n) is 14.2. The van der Waals surface area contributed by atoms with E-state index in [1.54, 1.807) is 6.07 Å². The van der Waals surface area contributed by atoms with E-state index in [1.807, 2.05) is 78.9 Å². The lowest BCUT2D eigenvalue weighted by Crippen LogP contribution is -1.95. The standard InChI is InChI=1S/C22H15NO3S/c24-23(25)20-14-7-13-19(17-8-2-1-3-9-17)22(20)26-27-21-15-6-11-16-10-4-5-12-18(16)21/h1-15H. The van der Waals surface area contributed by atoms with Crippen LogP contribution >= 0.6 is 12.0 Å². The molecule has 4 rings (SSSR count). The highest BCUT2D eigenvalue weighted by molar-refractivity contribution is 7.95. The first-order chi connectivity index (χ1) is 13.2. The first-order valence-corrected chi connectivity index (χ1v) is 9.13. The number of rotatable bonds is 5. The maximum absolute atomic E-state index is 11.5. The molecule has 5 heteroatoms. The van der Waals surface area contributed by atoms with Crippen LogP contribution in [0.5, 0.6) is 5.75 Å². The number of fused-ring (bicyclic) bond motifs is 1. The van der Waals surface area contributed by atoms with E-state index in [9.17, 15) is 10.1 Å². The van der Waals surface area contributed by atoms with E-state index in [0.29, 0.717) is 5.56 Å². The Morgan fingerprint density at radius 3 is 2.30 bits per heavy atom. The van der Waals surface area contributed by atoms with Gasteiger partial charge in [0.1, 0.15) is 0 Å². The molecule has 0 radical (unpaired) electrons. The Balaban J connectivity index is 1.75. The van der Waals surface area contributed by atoms with E-state index in [0.717, 1.165) is 33.3 Å². The summed E-state index contributed by atoms with van der Waals surface area (Å²) in [6, 6.07) is 28.4. The molecule has 4 aromatic carbocycles. The molecular weight excluding hydrogens is 358 g/mol. The molecule has 0 fully saturated rings. The molecule has 4 nitrogen and oxygen atoms in total. The van der Waals surface area contributed by atoms with Crippen molar-refractivity contribution >= 4 is 28.5 Å². The summed E-state index contributed by atoms with van der Waals surface area (Å²) in [6.45, 7) is 0. The third-order valence-corrected chi connectivity index (χ3v) is 5.03. The Morgan fingerprint density at radius 2 is 1.48 bits per heavy atom. The third-order valence-electron chi connectivity index (χ3n) is 4.24. The van der Waals surface area contributed by atoms with E-state index in [1.165, 1.54) is 6.07 Å². The number of hydrogen-bond donors (Lipinski definition) is 0. The summed E-state index contributed by atoms with van der Waals surface area (Å²) in [5, 5.41) is 13.7. The summed E-state index contributed by atoms with van der Waals surface area (Å²) in [6.07, 6.45) is 0. The molecule has 0 saturated carbocycles. The lowest BCUT2D eigenvalue weighted by Gasteiger charge is -2.11. The van der Waals surface area contributed by atoms with Gasteiger partial charge >= 0.3 is 5.69 Å². The molecule has 0 amide bonds. The SMILES string of the molecule is O=[N+]([O-])c1cccc(-c2ccccc2)c1OSc1cccc2ccccc12. The molecule has 0 saturated heterocycles. The first-order valence-electron chi connectivity index (χ1n) is 8.39. The zero-order valence-corrected chi connectivity index (χ0v) is 15.1. The number of para-hydroxylation sites is 1. The fourth-order valence-corrected chi connectivity index (χ4v) is 3.71. The van der Waals surface area contributed by atoms with Gasteiger partial charge in [0, 0.05) is 11.6 Å². The summed E-state index contributed by atoms with van der Waals surface area (Å²) in [5.41, 5.74) is 1.51. The summed E-state index contributed by atoms with van der Waals surface area (Å²) < 4.78 is 5.95. The minimum absolute atomic E-state index is 0.0518. The van der Waals surface area contributed by atoms with Crippen LogP contribution in [0.25, 0.3) is 21.9 Å². The van der Waals surface area contributed by atoms with Gasteiger partial charge in [-0.2, -0.15) is 0 Å². The molecule has 132 valence electrons. The topological polar surface area (TPSA) is 52.4 Å². The second-order valence-corrected chi connectivity index (χ2v) is 6.69. The fourth-order valence-electron chi connectivity index (χ4n) is 2.96. The van der Waals surface area contributed by atoms with Gasteiger partial charge in [0.2, 0.25) is 5.75 Å². The van der Waals surface area contributed by atoms with Gasteiger partial charge in [-0.3, -0.25) is 10.1 Å². The summed E-state index contributed by atoms with van der Waals surface area (Å²) in [5.74, 6) is 0.256. The molecule has 0 heterocycles. The normalized spacial score (nSPS) is 10.7. The van der Waals surface area contributed by atoms with E-state index in [2.05, 4.69) is 0 Å². The summed E-state index contributed by atoms with van der Waals surface area (Å²) in [4.78, 5) is 12.0. The van der Waals surface area contributed by atoms with Gasteiger partial charge in [-0.15, -0.1) is 0 Å². The smallest absolute Gasteiger partial charge is 0.313 e. The molecule has 0 N–H and O–H groups in total. The van der Waals surface area contributed by atoms with Gasteiger partial charge in [0.05, 0.1) is 21.9 Å². The highest BCUT2D eigenvalue weighted by Gasteiger charge is 2.21. The Hall–Kier alpha value is -3.31. The predicted molar refractivity (Wildman–Crippen MR) is 109 cm³/mol. The van der Waals surface area contributed by atoms with Crippen LogP contribution in [0.15, 0.2) is 95.9 Å². The van der Waals surface area contributed by atoms with Crippen LogP contribution in [-0.2, 0) is 0 Å². The fraction of sp³-hybridized carbons (Fsp3) is 0. The largest absolute Gasteiger partial charge is 0.413 e. The average Bonchev–Trinajstić information content (AvgIpc) is 2.72. The summed E-state index contributed by atoms with van der Waals surface area (Å²) >= 11 is 1.14. The van der Waals surface area contributed by atoms with Gasteiger partial charge < -0.3 is 4.18 Å². The lowest BCUT2D eigenvalue weighted by molar-refractivity contribution is -0.385. The number of nitrogens with zero attached hydrogens (tertiary/aromatic N) is 1. The van der Waals surface area contributed by atoms with Crippen LogP contribution in [0.2, 0.25) is 0 Å². The van der Waals surface area contributed by atoms with Crippen molar-refractivity contribution in [1.82, 2.24) is 0 Å². The Kier molecular flexibility index (Phi) is 4.77. The predicted octanol–water partition coefficient (Wildman–Crippen LogP) is 6.50. The number of hydrogen-bond acceptors (Lipinski definition) is 4. The van der Waals surface area contributed by atoms with Crippen LogP contribution in [0.1, 0.15) is 0 Å². The van der Waals surface area contributed by atoms with Gasteiger partial charge in [-0.1, -0.05) is 78.9 Å². The van der Waals surface area contributed by atoms with Crippen molar-refractivity contribution in [2.24, 2.45) is 0 Å². The van der Waals surface area contributed by atoms with E-state index in [-0.39, 0.29) is 11.4 Å². The van der Waals surface area contributed by atoms with Crippen molar-refractivity contribution in [3.8, 4) is 16.9 Å². The van der Waals surface area contributed by atoms with Crippen LogP contribution < -0.4 is 4.18 Å². The molecule has 4 aromatic rings. The van der Waals surface area contributed by atoms with Gasteiger partial charge in [0.15, 0.2) is 0 Å². The quantitative estimate of drug-likeness (QED) is 0.228. The second-order valence-electron chi connectivity index (χ2n) is 5.92. The molecule has 0 bridgehead atoms. The minimum atomic E-state index is -0.411. The molecule has 0 aliphatic carbocycles. The van der Waals surface area contributed by atoms with E-state index >= 15 is 0 Å². The first kappa shape index (κ1) is 17.1. The zero-order chi connectivity index (χ0) is 18.6. The van der Waals surface area contributed by atoms with Crippen molar-refractivity contribution in [1.29, 1.82) is 0 Å². The monoisotopic (exact) mass is 373 g/mol. The molecule has 27 heavy (non-hydrogen) atoms. The third kappa shape index (κ3) is 3.50.